The molecule has 0 bridgehead atoms. The third-order valence-corrected chi connectivity index (χ3v) is 3.73. The molecule has 24 heavy (non-hydrogen) atoms. The molecule has 0 saturated carbocycles. The van der Waals surface area contributed by atoms with E-state index < -0.39 is 0 Å². The number of anilines is 2. The summed E-state index contributed by atoms with van der Waals surface area (Å²) in [6, 6.07) is 23.2. The molecule has 0 atom stereocenters. The van der Waals surface area contributed by atoms with E-state index in [1.807, 2.05) is 60.7 Å². The lowest BCUT2D eigenvalue weighted by Crippen LogP contribution is -2.32. The molecule has 0 aliphatic rings. The number of benzene rings is 2. The smallest absolute Gasteiger partial charge is 0.233 e. The summed E-state index contributed by atoms with van der Waals surface area (Å²) in [5.41, 5.74) is 8.92. The lowest BCUT2D eigenvalue weighted by Gasteiger charge is -2.23. The Morgan fingerprint density at radius 3 is 2.21 bits per heavy atom. The van der Waals surface area contributed by atoms with Gasteiger partial charge in [0.05, 0.1) is 24.8 Å². The molecule has 2 N–H and O–H groups in total. The molecule has 0 fully saturated rings. The van der Waals surface area contributed by atoms with Crippen molar-refractivity contribution >= 4 is 17.3 Å². The summed E-state index contributed by atoms with van der Waals surface area (Å²) in [4.78, 5) is 18.9. The number of para-hydroxylation sites is 1. The lowest BCUT2D eigenvalue weighted by atomic mass is 10.1. The molecule has 4 heteroatoms. The molecule has 0 aliphatic carbocycles. The average Bonchev–Trinajstić information content (AvgIpc) is 2.63. The molecule has 3 aromatic rings. The Hall–Kier alpha value is -3.14. The van der Waals surface area contributed by atoms with E-state index in [1.54, 1.807) is 23.2 Å². The van der Waals surface area contributed by atoms with Gasteiger partial charge in [-0.2, -0.15) is 0 Å². The summed E-state index contributed by atoms with van der Waals surface area (Å²) in [5.74, 6) is 0.00215. The zero-order valence-electron chi connectivity index (χ0n) is 13.3. The predicted molar refractivity (Wildman–Crippen MR) is 96.4 cm³/mol. The van der Waals surface area contributed by atoms with Crippen molar-refractivity contribution in [2.24, 2.45) is 0 Å². The number of nitrogens with zero attached hydrogens (tertiary/aromatic N) is 2. The first-order chi connectivity index (χ1) is 11.7. The van der Waals surface area contributed by atoms with E-state index in [4.69, 9.17) is 5.73 Å². The van der Waals surface area contributed by atoms with Crippen LogP contribution in [0.4, 0.5) is 11.4 Å². The molecule has 0 saturated heterocycles. The topological polar surface area (TPSA) is 59.2 Å². The number of carbonyl (C=O) groups is 1. The zero-order chi connectivity index (χ0) is 16.8. The minimum Gasteiger partial charge on any atom is -0.397 e. The zero-order valence-corrected chi connectivity index (χ0v) is 13.3. The van der Waals surface area contributed by atoms with Gasteiger partial charge in [0.1, 0.15) is 0 Å². The first-order valence-corrected chi connectivity index (χ1v) is 7.82. The quantitative estimate of drug-likeness (QED) is 0.784. The number of hydrogen-bond acceptors (Lipinski definition) is 3. The standard InChI is InChI=1S/C20H19N3O/c21-17-11-12-18(22-14-17)13-20(24)23(19-9-5-2-6-10-19)15-16-7-3-1-4-8-16/h1-12,14H,13,15,21H2. The molecule has 3 rings (SSSR count). The van der Waals surface area contributed by atoms with Crippen molar-refractivity contribution in [3.63, 3.8) is 0 Å². The number of nitrogens with two attached hydrogens (primary N) is 1. The Balaban J connectivity index is 1.83. The summed E-state index contributed by atoms with van der Waals surface area (Å²) >= 11 is 0. The first kappa shape index (κ1) is 15.7. The molecule has 0 radical (unpaired) electrons. The highest BCUT2D eigenvalue weighted by atomic mass is 16.2. The van der Waals surface area contributed by atoms with Crippen LogP contribution in [0.1, 0.15) is 11.3 Å². The molecule has 120 valence electrons. The van der Waals surface area contributed by atoms with Gasteiger partial charge >= 0.3 is 0 Å². The molecule has 2 aromatic carbocycles. The van der Waals surface area contributed by atoms with Gasteiger partial charge in [-0.05, 0) is 29.8 Å². The highest BCUT2D eigenvalue weighted by Crippen LogP contribution is 2.18. The van der Waals surface area contributed by atoms with Gasteiger partial charge in [-0.25, -0.2) is 0 Å². The van der Waals surface area contributed by atoms with Crippen molar-refractivity contribution in [1.82, 2.24) is 4.98 Å². The maximum atomic E-state index is 12.9. The fourth-order valence-corrected chi connectivity index (χ4v) is 2.49. The molecule has 1 amide bonds. The molecule has 1 aromatic heterocycles. The van der Waals surface area contributed by atoms with Crippen LogP contribution in [0.3, 0.4) is 0 Å². The van der Waals surface area contributed by atoms with E-state index in [0.29, 0.717) is 17.9 Å². The first-order valence-electron chi connectivity index (χ1n) is 7.82. The molecule has 4 nitrogen and oxygen atoms in total. The van der Waals surface area contributed by atoms with Gasteiger partial charge in [-0.15, -0.1) is 0 Å². The molecule has 1 heterocycles. The highest BCUT2D eigenvalue weighted by Gasteiger charge is 2.17. The van der Waals surface area contributed by atoms with Crippen molar-refractivity contribution in [2.75, 3.05) is 10.6 Å². The Bertz CT molecular complexity index is 786. The largest absolute Gasteiger partial charge is 0.397 e. The number of amides is 1. The number of hydrogen-bond donors (Lipinski definition) is 1. The number of nitrogen functional groups attached to an aromatic ring is 1. The van der Waals surface area contributed by atoms with E-state index in [1.165, 1.54) is 0 Å². The second-order valence-electron chi connectivity index (χ2n) is 5.56. The minimum absolute atomic E-state index is 0.00215. The van der Waals surface area contributed by atoms with Gasteiger partial charge < -0.3 is 10.6 Å². The maximum absolute atomic E-state index is 12.9. The second kappa shape index (κ2) is 7.42. The van der Waals surface area contributed by atoms with E-state index >= 15 is 0 Å². The van der Waals surface area contributed by atoms with Crippen molar-refractivity contribution in [3.05, 3.63) is 90.3 Å². The van der Waals surface area contributed by atoms with E-state index in [9.17, 15) is 4.79 Å². The molecular weight excluding hydrogens is 298 g/mol. The number of carbonyl (C=O) groups excluding carboxylic acids is 1. The van der Waals surface area contributed by atoms with Crippen LogP contribution in [0, 0.1) is 0 Å². The van der Waals surface area contributed by atoms with Crippen molar-refractivity contribution in [1.29, 1.82) is 0 Å². The van der Waals surface area contributed by atoms with E-state index in [-0.39, 0.29) is 12.3 Å². The van der Waals surface area contributed by atoms with Gasteiger partial charge in [-0.1, -0.05) is 48.5 Å². The third kappa shape index (κ3) is 3.98. The normalized spacial score (nSPS) is 10.3. The SMILES string of the molecule is Nc1ccc(CC(=O)N(Cc2ccccc2)c2ccccc2)nc1. The Kier molecular flexibility index (Phi) is 4.87. The van der Waals surface area contributed by atoms with Crippen LogP contribution >= 0.6 is 0 Å². The van der Waals surface area contributed by atoms with Crippen LogP contribution < -0.4 is 10.6 Å². The Morgan fingerprint density at radius 2 is 1.58 bits per heavy atom. The number of aromatic nitrogens is 1. The fraction of sp³-hybridized carbons (Fsp3) is 0.100. The average molecular weight is 317 g/mol. The third-order valence-electron chi connectivity index (χ3n) is 3.73. The highest BCUT2D eigenvalue weighted by molar-refractivity contribution is 5.94. The van der Waals surface area contributed by atoms with Crippen LogP contribution in [0.25, 0.3) is 0 Å². The maximum Gasteiger partial charge on any atom is 0.233 e. The van der Waals surface area contributed by atoms with Crippen LogP contribution in [0.2, 0.25) is 0 Å². The number of pyridine rings is 1. The van der Waals surface area contributed by atoms with Gasteiger partial charge in [0.2, 0.25) is 5.91 Å². The predicted octanol–water partition coefficient (Wildman–Crippen LogP) is 3.44. The minimum atomic E-state index is 0.00215. The second-order valence-corrected chi connectivity index (χ2v) is 5.56. The van der Waals surface area contributed by atoms with Gasteiger partial charge in [0.25, 0.3) is 0 Å². The summed E-state index contributed by atoms with van der Waals surface area (Å²) in [7, 11) is 0. The number of rotatable bonds is 5. The Morgan fingerprint density at radius 1 is 0.917 bits per heavy atom. The van der Waals surface area contributed by atoms with Crippen LogP contribution in [0.5, 0.6) is 0 Å². The van der Waals surface area contributed by atoms with Crippen LogP contribution in [-0.4, -0.2) is 10.9 Å². The summed E-state index contributed by atoms with van der Waals surface area (Å²) < 4.78 is 0. The summed E-state index contributed by atoms with van der Waals surface area (Å²) in [6.07, 6.45) is 1.81. The van der Waals surface area contributed by atoms with Crippen molar-refractivity contribution in [2.45, 2.75) is 13.0 Å². The molecule has 0 unspecified atom stereocenters. The van der Waals surface area contributed by atoms with Crippen LogP contribution in [-0.2, 0) is 17.8 Å². The van der Waals surface area contributed by atoms with E-state index in [0.717, 1.165) is 11.3 Å². The van der Waals surface area contributed by atoms with Gasteiger partial charge in [-0.3, -0.25) is 9.78 Å². The molecular formula is C20H19N3O. The van der Waals surface area contributed by atoms with Crippen molar-refractivity contribution in [3.8, 4) is 0 Å². The van der Waals surface area contributed by atoms with E-state index in [2.05, 4.69) is 4.98 Å². The molecule has 0 aliphatic heterocycles. The van der Waals surface area contributed by atoms with Gasteiger partial charge in [0, 0.05) is 11.4 Å². The summed E-state index contributed by atoms with van der Waals surface area (Å²) in [5, 5.41) is 0. The van der Waals surface area contributed by atoms with Gasteiger partial charge in [0.15, 0.2) is 0 Å². The van der Waals surface area contributed by atoms with Crippen molar-refractivity contribution < 1.29 is 4.79 Å². The fourth-order valence-electron chi connectivity index (χ4n) is 2.49. The molecule has 0 spiro atoms. The monoisotopic (exact) mass is 317 g/mol. The lowest BCUT2D eigenvalue weighted by molar-refractivity contribution is -0.118. The van der Waals surface area contributed by atoms with Crippen LogP contribution in [0.15, 0.2) is 79.0 Å². The summed E-state index contributed by atoms with van der Waals surface area (Å²) in [6.45, 7) is 0.526. The Labute approximate surface area is 141 Å².